The molecule has 0 saturated heterocycles. The van der Waals surface area contributed by atoms with Crippen LogP contribution >= 0.6 is 0 Å². The minimum atomic E-state index is -1.22. The Labute approximate surface area is 316 Å². The molecule has 5 aromatic carbocycles. The molecule has 5 heteroatoms. The maximum Gasteiger partial charge on any atom is 2.00 e. The molecule has 0 amide bonds. The number of hydrogen-bond donors (Lipinski definition) is 0. The average Bonchev–Trinajstić information content (AvgIpc) is 3.12. The summed E-state index contributed by atoms with van der Waals surface area (Å²) >= 11 is 0. The van der Waals surface area contributed by atoms with Crippen LogP contribution in [0.1, 0.15) is 58.2 Å². The SMILES string of the molecule is CCOCC.CCOCC.CCOCC.Cc1[c-]c(C)cc(C)c1.[Mn+2].c1ccc([B-](c2ccccc2)(c2ccccc2)c2ccccc2)cc1. The van der Waals surface area contributed by atoms with E-state index < -0.39 is 6.15 Å². The van der Waals surface area contributed by atoms with Gasteiger partial charge in [-0.1, -0.05) is 142 Å². The zero-order valence-electron chi connectivity index (χ0n) is 32.1. The molecular weight excluding hydrogens is 654 g/mol. The van der Waals surface area contributed by atoms with Crippen LogP contribution in [0, 0.1) is 26.8 Å². The van der Waals surface area contributed by atoms with E-state index in [1.54, 1.807) is 0 Å². The number of aryl methyl sites for hydroxylation is 3. The third kappa shape index (κ3) is 17.0. The van der Waals surface area contributed by atoms with Gasteiger partial charge >= 0.3 is 17.1 Å². The zero-order chi connectivity index (χ0) is 36.2. The van der Waals surface area contributed by atoms with Crippen molar-refractivity contribution >= 4 is 28.0 Å². The fraction of sp³-hybridized carbons (Fsp3) is 0.333. The van der Waals surface area contributed by atoms with E-state index in [0.717, 1.165) is 39.6 Å². The monoisotopic (exact) mass is 715 g/mol. The van der Waals surface area contributed by atoms with Crippen molar-refractivity contribution in [3.8, 4) is 0 Å². The molecule has 0 aliphatic heterocycles. The van der Waals surface area contributed by atoms with Gasteiger partial charge in [-0.25, -0.2) is 0 Å². The van der Waals surface area contributed by atoms with E-state index >= 15 is 0 Å². The van der Waals surface area contributed by atoms with Crippen molar-refractivity contribution in [1.82, 2.24) is 0 Å². The van der Waals surface area contributed by atoms with Gasteiger partial charge in [0.05, 0.1) is 0 Å². The largest absolute Gasteiger partial charge is 2.00 e. The van der Waals surface area contributed by atoms with Crippen LogP contribution in [0.2, 0.25) is 0 Å². The van der Waals surface area contributed by atoms with Gasteiger partial charge in [0, 0.05) is 39.6 Å². The van der Waals surface area contributed by atoms with Crippen LogP contribution in [-0.4, -0.2) is 45.8 Å². The van der Waals surface area contributed by atoms with E-state index in [2.05, 4.69) is 160 Å². The van der Waals surface area contributed by atoms with Gasteiger partial charge in [-0.05, 0) is 41.5 Å². The molecule has 0 N–H and O–H groups in total. The number of hydrogen-bond acceptors (Lipinski definition) is 3. The second-order valence-electron chi connectivity index (χ2n) is 11.4. The van der Waals surface area contributed by atoms with Crippen LogP contribution in [0.4, 0.5) is 0 Å². The minimum Gasteiger partial charge on any atom is -0.382 e. The first kappa shape index (κ1) is 46.6. The van der Waals surface area contributed by atoms with Gasteiger partial charge in [0.2, 0.25) is 0 Å². The van der Waals surface area contributed by atoms with E-state index in [-0.39, 0.29) is 17.1 Å². The van der Waals surface area contributed by atoms with Crippen molar-refractivity contribution in [3.63, 3.8) is 0 Å². The molecule has 3 nitrogen and oxygen atoms in total. The van der Waals surface area contributed by atoms with E-state index in [9.17, 15) is 0 Å². The predicted molar refractivity (Wildman–Crippen MR) is 216 cm³/mol. The summed E-state index contributed by atoms with van der Waals surface area (Å²) in [5.41, 5.74) is 9.14. The van der Waals surface area contributed by atoms with E-state index in [1.807, 2.05) is 41.5 Å². The Hall–Kier alpha value is -3.44. The van der Waals surface area contributed by atoms with E-state index in [0.29, 0.717) is 0 Å². The molecular formula is C45H61BMnO3. The fourth-order valence-electron chi connectivity index (χ4n) is 5.84. The molecule has 0 atom stereocenters. The molecule has 0 heterocycles. The smallest absolute Gasteiger partial charge is 0.382 e. The van der Waals surface area contributed by atoms with E-state index in [4.69, 9.17) is 14.2 Å². The Kier molecular flexibility index (Phi) is 27.3. The Morgan fingerprint density at radius 1 is 0.400 bits per heavy atom. The van der Waals surface area contributed by atoms with Crippen molar-refractivity contribution in [2.45, 2.75) is 62.3 Å². The van der Waals surface area contributed by atoms with Crippen molar-refractivity contribution in [1.29, 1.82) is 0 Å². The van der Waals surface area contributed by atoms with Crippen LogP contribution in [0.5, 0.6) is 0 Å². The van der Waals surface area contributed by atoms with Crippen LogP contribution in [-0.2, 0) is 31.3 Å². The molecule has 0 unspecified atom stereocenters. The van der Waals surface area contributed by atoms with Crippen LogP contribution in [0.3, 0.4) is 0 Å². The van der Waals surface area contributed by atoms with Gasteiger partial charge in [-0.15, -0.1) is 0 Å². The second kappa shape index (κ2) is 29.3. The predicted octanol–water partition coefficient (Wildman–Crippen LogP) is 8.60. The van der Waals surface area contributed by atoms with Crippen LogP contribution < -0.4 is 21.9 Å². The van der Waals surface area contributed by atoms with Crippen molar-refractivity contribution < 1.29 is 31.3 Å². The Morgan fingerprint density at radius 2 is 0.620 bits per heavy atom. The van der Waals surface area contributed by atoms with Gasteiger partial charge in [-0.2, -0.15) is 56.7 Å². The van der Waals surface area contributed by atoms with Gasteiger partial charge in [0.1, 0.15) is 6.15 Å². The molecule has 0 fully saturated rings. The Balaban J connectivity index is 0.000000787. The van der Waals surface area contributed by atoms with Crippen molar-refractivity contribution in [3.05, 3.63) is 156 Å². The Morgan fingerprint density at radius 3 is 0.780 bits per heavy atom. The summed E-state index contributed by atoms with van der Waals surface area (Å²) in [6, 6.07) is 51.0. The van der Waals surface area contributed by atoms with Crippen molar-refractivity contribution in [2.24, 2.45) is 0 Å². The Bertz CT molecular complexity index is 1230. The first-order valence-corrected chi connectivity index (χ1v) is 17.9. The summed E-state index contributed by atoms with van der Waals surface area (Å²) in [6.07, 6.45) is -1.22. The fourth-order valence-corrected chi connectivity index (χ4v) is 5.84. The standard InChI is InChI=1S/C24H20B.C9H11.3C4H10O.Mn/c1-5-13-21(14-6-1)25(22-15-7-2-8-16-22,23-17-9-3-10-18-23)24-19-11-4-12-20-24;1-7-4-8(2)6-9(3)5-7;3*1-3-5-4-2;/h1-20H;4-5H,1-3H3;3*3-4H2,1-2H3;/q2*-1;;;;+2. The summed E-state index contributed by atoms with van der Waals surface area (Å²) < 4.78 is 14.5. The number of benzene rings is 5. The number of rotatable bonds is 10. The summed E-state index contributed by atoms with van der Waals surface area (Å²) in [7, 11) is 0. The average molecular weight is 716 g/mol. The van der Waals surface area contributed by atoms with Crippen LogP contribution in [0.25, 0.3) is 0 Å². The molecule has 0 aliphatic carbocycles. The maximum atomic E-state index is 4.83. The molecule has 50 heavy (non-hydrogen) atoms. The van der Waals surface area contributed by atoms with Crippen molar-refractivity contribution in [2.75, 3.05) is 39.6 Å². The molecule has 5 rings (SSSR count). The summed E-state index contributed by atoms with van der Waals surface area (Å²) in [4.78, 5) is 0. The molecule has 269 valence electrons. The molecule has 0 bridgehead atoms. The zero-order valence-corrected chi connectivity index (χ0v) is 33.3. The topological polar surface area (TPSA) is 27.7 Å². The third-order valence-electron chi connectivity index (χ3n) is 7.71. The maximum absolute atomic E-state index is 4.83. The summed E-state index contributed by atoms with van der Waals surface area (Å²) in [6.45, 7) is 23.2. The minimum absolute atomic E-state index is 0. The molecule has 0 saturated carbocycles. The normalized spacial score (nSPS) is 9.86. The molecule has 1 radical (unpaired) electrons. The van der Waals surface area contributed by atoms with Gasteiger partial charge < -0.3 is 14.2 Å². The van der Waals surface area contributed by atoms with Gasteiger partial charge in [0.25, 0.3) is 0 Å². The van der Waals surface area contributed by atoms with E-state index in [1.165, 1.54) is 38.5 Å². The quantitative estimate of drug-likeness (QED) is 0.107. The van der Waals surface area contributed by atoms with Crippen LogP contribution in [0.15, 0.2) is 133 Å². The first-order valence-electron chi connectivity index (χ1n) is 17.9. The van der Waals surface area contributed by atoms with Gasteiger partial charge in [0.15, 0.2) is 0 Å². The third-order valence-corrected chi connectivity index (χ3v) is 7.71. The molecule has 0 aliphatic rings. The summed E-state index contributed by atoms with van der Waals surface area (Å²) in [5.74, 6) is 0. The molecule has 5 aromatic rings. The second-order valence-corrected chi connectivity index (χ2v) is 11.4. The first-order chi connectivity index (χ1) is 23.8. The summed E-state index contributed by atoms with van der Waals surface area (Å²) in [5, 5.41) is 0. The molecule has 0 spiro atoms. The molecule has 0 aromatic heterocycles. The number of ether oxygens (including phenoxy) is 3. The van der Waals surface area contributed by atoms with Gasteiger partial charge in [-0.3, -0.25) is 0 Å².